The summed E-state index contributed by atoms with van der Waals surface area (Å²) in [5.74, 6) is -0.0978. The number of ether oxygens (including phenoxy) is 1. The summed E-state index contributed by atoms with van der Waals surface area (Å²) in [7, 11) is -3.98. The van der Waals surface area contributed by atoms with Crippen LogP contribution in [0.2, 0.25) is 10.0 Å². The molecule has 0 amide bonds. The van der Waals surface area contributed by atoms with Crippen molar-refractivity contribution in [3.8, 4) is 0 Å². The van der Waals surface area contributed by atoms with E-state index in [2.05, 4.69) is 0 Å². The van der Waals surface area contributed by atoms with E-state index in [4.69, 9.17) is 33.1 Å². The molecule has 0 aliphatic heterocycles. The topological polar surface area (TPSA) is 86.5 Å². The van der Waals surface area contributed by atoms with Gasteiger partial charge in [0.25, 0.3) is 0 Å². The van der Waals surface area contributed by atoms with Crippen molar-refractivity contribution < 1.29 is 17.9 Å². The van der Waals surface area contributed by atoms with Gasteiger partial charge in [0, 0.05) is 0 Å². The van der Waals surface area contributed by atoms with Gasteiger partial charge in [-0.1, -0.05) is 42.5 Å². The molecule has 0 spiro atoms. The summed E-state index contributed by atoms with van der Waals surface area (Å²) < 4.78 is 27.8. The number of benzene rings is 1. The van der Waals surface area contributed by atoms with Crippen LogP contribution in [0.4, 0.5) is 0 Å². The second-order valence-corrected chi connectivity index (χ2v) is 7.38. The lowest BCUT2D eigenvalue weighted by Crippen LogP contribution is -2.17. The van der Waals surface area contributed by atoms with Crippen molar-refractivity contribution in [2.75, 3.05) is 6.61 Å². The van der Waals surface area contributed by atoms with Crippen LogP contribution in [0.15, 0.2) is 17.0 Å². The normalized spacial score (nSPS) is 15.6. The first-order chi connectivity index (χ1) is 9.79. The molecule has 0 saturated heterocycles. The third-order valence-electron chi connectivity index (χ3n) is 3.53. The number of nitrogens with two attached hydrogens (primary N) is 1. The maximum Gasteiger partial charge on any atom is 0.339 e. The Morgan fingerprint density at radius 2 is 2.00 bits per heavy atom. The summed E-state index contributed by atoms with van der Waals surface area (Å²) in [6.45, 7) is 0.275. The molecule has 1 aliphatic rings. The largest absolute Gasteiger partial charge is 0.462 e. The fraction of sp³-hybridized carbons (Fsp3) is 0.462. The molecule has 0 aromatic heterocycles. The van der Waals surface area contributed by atoms with E-state index < -0.39 is 16.0 Å². The maximum atomic E-state index is 12.0. The average Bonchev–Trinajstić information content (AvgIpc) is 2.33. The maximum absolute atomic E-state index is 12.0. The summed E-state index contributed by atoms with van der Waals surface area (Å²) in [6, 6.07) is 2.18. The van der Waals surface area contributed by atoms with E-state index in [0.29, 0.717) is 5.92 Å². The molecular weight excluding hydrogens is 337 g/mol. The molecular formula is C13H15Cl2NO4S. The molecule has 2 N–H and O–H groups in total. The van der Waals surface area contributed by atoms with Gasteiger partial charge in [0.15, 0.2) is 0 Å². The molecule has 1 aromatic rings. The van der Waals surface area contributed by atoms with Gasteiger partial charge in [0.05, 0.1) is 27.1 Å². The van der Waals surface area contributed by atoms with E-state index in [1.807, 2.05) is 0 Å². The van der Waals surface area contributed by atoms with Crippen molar-refractivity contribution in [3.63, 3.8) is 0 Å². The van der Waals surface area contributed by atoms with Gasteiger partial charge >= 0.3 is 5.97 Å². The highest BCUT2D eigenvalue weighted by Crippen LogP contribution is 2.31. The Morgan fingerprint density at radius 1 is 1.33 bits per heavy atom. The van der Waals surface area contributed by atoms with E-state index in [1.54, 1.807) is 0 Å². The van der Waals surface area contributed by atoms with Crippen molar-refractivity contribution in [3.05, 3.63) is 27.7 Å². The quantitative estimate of drug-likeness (QED) is 0.826. The second kappa shape index (κ2) is 6.52. The van der Waals surface area contributed by atoms with Crippen molar-refractivity contribution in [2.45, 2.75) is 30.6 Å². The summed E-state index contributed by atoms with van der Waals surface area (Å²) in [5, 5.41) is 4.92. The number of hydrogen-bond acceptors (Lipinski definition) is 4. The van der Waals surface area contributed by atoms with Crippen molar-refractivity contribution >= 4 is 39.2 Å². The monoisotopic (exact) mass is 351 g/mol. The zero-order chi connectivity index (χ0) is 15.6. The fourth-order valence-corrected chi connectivity index (χ4v) is 3.09. The predicted octanol–water partition coefficient (Wildman–Crippen LogP) is 2.99. The first-order valence-electron chi connectivity index (χ1n) is 6.48. The molecule has 5 nitrogen and oxygen atoms in total. The Balaban J connectivity index is 2.13. The van der Waals surface area contributed by atoms with Crippen LogP contribution in [-0.4, -0.2) is 21.0 Å². The lowest BCUT2D eigenvalue weighted by Gasteiger charge is -2.24. The highest BCUT2D eigenvalue weighted by molar-refractivity contribution is 7.89. The van der Waals surface area contributed by atoms with Crippen molar-refractivity contribution in [1.82, 2.24) is 0 Å². The molecule has 1 saturated carbocycles. The van der Waals surface area contributed by atoms with Gasteiger partial charge in [0.1, 0.15) is 0 Å². The predicted molar refractivity (Wildman–Crippen MR) is 80.1 cm³/mol. The lowest BCUT2D eigenvalue weighted by molar-refractivity contribution is 0.0464. The standard InChI is InChI=1S/C13H15Cl2NO4S/c14-11-7-9(21(16,18)19)6-10(12(11)15)13(17)20-5-4-8-2-1-3-8/h6-8H,1-5H2,(H2,16,18,19). The van der Waals surface area contributed by atoms with Crippen LogP contribution in [0.1, 0.15) is 36.0 Å². The number of carbonyl (C=O) groups excluding carboxylic acids is 1. The van der Waals surface area contributed by atoms with Crippen LogP contribution in [0.3, 0.4) is 0 Å². The highest BCUT2D eigenvalue weighted by atomic mass is 35.5. The molecule has 0 atom stereocenters. The number of carbonyl (C=O) groups is 1. The minimum Gasteiger partial charge on any atom is -0.462 e. The second-order valence-electron chi connectivity index (χ2n) is 5.03. The third-order valence-corrected chi connectivity index (χ3v) is 5.23. The molecule has 0 bridgehead atoms. The first kappa shape index (κ1) is 16.5. The Hall–Kier alpha value is -0.820. The van der Waals surface area contributed by atoms with Crippen LogP contribution in [0.5, 0.6) is 0 Å². The van der Waals surface area contributed by atoms with E-state index in [0.717, 1.165) is 31.4 Å². The molecule has 0 unspecified atom stereocenters. The Labute approximate surface area is 133 Å². The number of primary sulfonamides is 1. The molecule has 0 radical (unpaired) electrons. The number of halogens is 2. The third kappa shape index (κ3) is 4.10. The average molecular weight is 352 g/mol. The van der Waals surface area contributed by atoms with E-state index >= 15 is 0 Å². The first-order valence-corrected chi connectivity index (χ1v) is 8.78. The Morgan fingerprint density at radius 3 is 2.52 bits per heavy atom. The van der Waals surface area contributed by atoms with Gasteiger partial charge in [-0.2, -0.15) is 0 Å². The molecule has 0 heterocycles. The van der Waals surface area contributed by atoms with Gasteiger partial charge in [0.2, 0.25) is 10.0 Å². The van der Waals surface area contributed by atoms with Gasteiger partial charge in [-0.3, -0.25) is 0 Å². The van der Waals surface area contributed by atoms with Gasteiger partial charge in [-0.05, 0) is 24.5 Å². The number of esters is 1. The van der Waals surface area contributed by atoms with Gasteiger partial charge < -0.3 is 4.74 Å². The minimum absolute atomic E-state index is 0.0438. The smallest absolute Gasteiger partial charge is 0.339 e. The van der Waals surface area contributed by atoms with Gasteiger partial charge in [-0.15, -0.1) is 0 Å². The highest BCUT2D eigenvalue weighted by Gasteiger charge is 2.21. The molecule has 2 rings (SSSR count). The molecule has 116 valence electrons. The Kier molecular flexibility index (Phi) is 5.14. The number of rotatable bonds is 5. The van der Waals surface area contributed by atoms with Crippen LogP contribution >= 0.6 is 23.2 Å². The minimum atomic E-state index is -3.98. The lowest BCUT2D eigenvalue weighted by atomic mass is 9.83. The van der Waals surface area contributed by atoms with E-state index in [1.165, 1.54) is 6.42 Å². The van der Waals surface area contributed by atoms with E-state index in [-0.39, 0.29) is 27.1 Å². The Bertz CT molecular complexity index is 656. The molecule has 1 aromatic carbocycles. The zero-order valence-corrected chi connectivity index (χ0v) is 13.5. The van der Waals surface area contributed by atoms with Gasteiger partial charge in [-0.25, -0.2) is 18.4 Å². The fourth-order valence-electron chi connectivity index (χ4n) is 2.05. The summed E-state index contributed by atoms with van der Waals surface area (Å²) in [4.78, 5) is 11.7. The summed E-state index contributed by atoms with van der Waals surface area (Å²) in [6.07, 6.45) is 4.33. The van der Waals surface area contributed by atoms with Crippen LogP contribution in [-0.2, 0) is 14.8 Å². The van der Waals surface area contributed by atoms with E-state index in [9.17, 15) is 13.2 Å². The van der Waals surface area contributed by atoms with Crippen LogP contribution in [0.25, 0.3) is 0 Å². The zero-order valence-electron chi connectivity index (χ0n) is 11.1. The summed E-state index contributed by atoms with van der Waals surface area (Å²) in [5.41, 5.74) is -0.0956. The molecule has 8 heteroatoms. The van der Waals surface area contributed by atoms with Crippen molar-refractivity contribution in [2.24, 2.45) is 11.1 Å². The van der Waals surface area contributed by atoms with Crippen molar-refractivity contribution in [1.29, 1.82) is 0 Å². The van der Waals surface area contributed by atoms with Crippen LogP contribution < -0.4 is 5.14 Å². The molecule has 21 heavy (non-hydrogen) atoms. The summed E-state index contributed by atoms with van der Waals surface area (Å²) >= 11 is 11.7. The number of hydrogen-bond donors (Lipinski definition) is 1. The number of sulfonamides is 1. The van der Waals surface area contributed by atoms with Crippen LogP contribution in [0, 0.1) is 5.92 Å². The SMILES string of the molecule is NS(=O)(=O)c1cc(Cl)c(Cl)c(C(=O)OCCC2CCC2)c1. The molecule has 1 fully saturated rings. The molecule has 1 aliphatic carbocycles.